The average Bonchev–Trinajstić information content (AvgIpc) is 3.35. The Morgan fingerprint density at radius 1 is 0.750 bits per heavy atom. The van der Waals surface area contributed by atoms with Crippen LogP contribution in [0, 0.1) is 0 Å². The third kappa shape index (κ3) is 2.55. The molecule has 0 unspecified atom stereocenters. The van der Waals surface area contributed by atoms with Gasteiger partial charge in [0.25, 0.3) is 0 Å². The summed E-state index contributed by atoms with van der Waals surface area (Å²) >= 11 is 0. The van der Waals surface area contributed by atoms with Gasteiger partial charge >= 0.3 is 0 Å². The molecule has 0 fully saturated rings. The third-order valence-electron chi connectivity index (χ3n) is 4.89. The van der Waals surface area contributed by atoms with Crippen molar-refractivity contribution in [3.8, 4) is 45.4 Å². The predicted molar refractivity (Wildman–Crippen MR) is 106 cm³/mol. The molecule has 5 rings (SSSR count). The van der Waals surface area contributed by atoms with Crippen LogP contribution in [0.25, 0.3) is 33.4 Å². The van der Waals surface area contributed by atoms with E-state index in [1.807, 2.05) is 48.5 Å². The van der Waals surface area contributed by atoms with Gasteiger partial charge in [-0.25, -0.2) is 0 Å². The van der Waals surface area contributed by atoms with Crippen molar-refractivity contribution in [2.75, 3.05) is 21.0 Å². The fourth-order valence-corrected chi connectivity index (χ4v) is 3.56. The van der Waals surface area contributed by atoms with E-state index in [1.165, 1.54) is 0 Å². The predicted octanol–water partition coefficient (Wildman–Crippen LogP) is 5.51. The quantitative estimate of drug-likeness (QED) is 0.471. The summed E-state index contributed by atoms with van der Waals surface area (Å²) in [6.07, 6.45) is 0. The van der Waals surface area contributed by atoms with Gasteiger partial charge in [-0.3, -0.25) is 0 Å². The summed E-state index contributed by atoms with van der Waals surface area (Å²) in [5.74, 6) is 3.49. The fourth-order valence-electron chi connectivity index (χ4n) is 3.56. The highest BCUT2D eigenvalue weighted by Gasteiger charge is 2.23. The number of methoxy groups -OCH3 is 2. The van der Waals surface area contributed by atoms with Crippen molar-refractivity contribution < 1.29 is 23.4 Å². The molecule has 0 aliphatic carbocycles. The molecule has 0 atom stereocenters. The van der Waals surface area contributed by atoms with Gasteiger partial charge in [-0.15, -0.1) is 0 Å². The Kier molecular flexibility index (Phi) is 3.86. The average molecular weight is 374 g/mol. The topological polar surface area (TPSA) is 50.1 Å². The normalized spacial score (nSPS) is 12.4. The molecule has 2 heterocycles. The number of fused-ring (bicyclic) bond motifs is 2. The van der Waals surface area contributed by atoms with Crippen molar-refractivity contribution in [1.82, 2.24) is 0 Å². The van der Waals surface area contributed by atoms with Gasteiger partial charge in [0.05, 0.1) is 14.2 Å². The van der Waals surface area contributed by atoms with Crippen molar-refractivity contribution in [2.45, 2.75) is 0 Å². The van der Waals surface area contributed by atoms with Crippen LogP contribution in [0.15, 0.2) is 65.1 Å². The maximum atomic E-state index is 6.31. The van der Waals surface area contributed by atoms with E-state index in [1.54, 1.807) is 14.2 Å². The van der Waals surface area contributed by atoms with Crippen molar-refractivity contribution in [1.29, 1.82) is 0 Å². The van der Waals surface area contributed by atoms with E-state index in [2.05, 4.69) is 12.1 Å². The first-order valence-corrected chi connectivity index (χ1v) is 8.92. The zero-order valence-electron chi connectivity index (χ0n) is 15.5. The van der Waals surface area contributed by atoms with Gasteiger partial charge in [-0.1, -0.05) is 30.3 Å². The van der Waals surface area contributed by atoms with Crippen molar-refractivity contribution in [3.63, 3.8) is 0 Å². The Hall–Kier alpha value is -3.60. The van der Waals surface area contributed by atoms with E-state index < -0.39 is 0 Å². The van der Waals surface area contributed by atoms with Crippen LogP contribution in [0.3, 0.4) is 0 Å². The molecule has 5 heteroatoms. The van der Waals surface area contributed by atoms with Crippen LogP contribution in [0.5, 0.6) is 23.0 Å². The molecule has 1 aliphatic heterocycles. The van der Waals surface area contributed by atoms with Gasteiger partial charge in [0.2, 0.25) is 6.79 Å². The number of hydrogen-bond acceptors (Lipinski definition) is 5. The molecule has 3 aromatic carbocycles. The van der Waals surface area contributed by atoms with Gasteiger partial charge in [-0.05, 0) is 29.8 Å². The van der Waals surface area contributed by atoms with Gasteiger partial charge in [0, 0.05) is 22.6 Å². The summed E-state index contributed by atoms with van der Waals surface area (Å²) in [4.78, 5) is 0. The van der Waals surface area contributed by atoms with Crippen molar-refractivity contribution in [3.05, 3.63) is 60.7 Å². The van der Waals surface area contributed by atoms with Gasteiger partial charge in [0.15, 0.2) is 23.0 Å². The van der Waals surface area contributed by atoms with Gasteiger partial charge in [-0.2, -0.15) is 0 Å². The standard InChI is InChI=1S/C23H18O5/c1-24-17-9-8-15(10-19(17)25-2)23-22(14-6-4-3-5-7-14)16-11-20-21(27-13-26-20)12-18(16)28-23/h3-12H,13H2,1-2H3. The lowest BCUT2D eigenvalue weighted by Gasteiger charge is -2.10. The van der Waals surface area contributed by atoms with Crippen LogP contribution in [0.4, 0.5) is 0 Å². The molecular weight excluding hydrogens is 356 g/mol. The Bertz CT molecular complexity index is 1160. The molecule has 0 saturated heterocycles. The molecule has 0 radical (unpaired) electrons. The number of ether oxygens (including phenoxy) is 4. The summed E-state index contributed by atoms with van der Waals surface area (Å²) in [6, 6.07) is 19.8. The Labute approximate surface area is 162 Å². The SMILES string of the molecule is COc1ccc(-c2oc3cc4c(cc3c2-c2ccccc2)OCO4)cc1OC. The highest BCUT2D eigenvalue weighted by molar-refractivity contribution is 6.03. The fraction of sp³-hybridized carbons (Fsp3) is 0.130. The monoisotopic (exact) mass is 374 g/mol. The van der Waals surface area contributed by atoms with Crippen molar-refractivity contribution in [2.24, 2.45) is 0 Å². The largest absolute Gasteiger partial charge is 0.493 e. The Balaban J connectivity index is 1.79. The maximum absolute atomic E-state index is 6.31. The zero-order chi connectivity index (χ0) is 19.1. The maximum Gasteiger partial charge on any atom is 0.231 e. The minimum Gasteiger partial charge on any atom is -0.493 e. The molecule has 0 bridgehead atoms. The summed E-state index contributed by atoms with van der Waals surface area (Å²) in [6.45, 7) is 0.227. The third-order valence-corrected chi connectivity index (χ3v) is 4.89. The lowest BCUT2D eigenvalue weighted by Crippen LogP contribution is -1.92. The van der Waals surface area contributed by atoms with Crippen LogP contribution in [0.1, 0.15) is 0 Å². The molecule has 1 aliphatic rings. The number of hydrogen-bond donors (Lipinski definition) is 0. The van der Waals surface area contributed by atoms with E-state index in [-0.39, 0.29) is 6.79 Å². The second kappa shape index (κ2) is 6.53. The van der Waals surface area contributed by atoms with E-state index in [0.29, 0.717) is 17.2 Å². The van der Waals surface area contributed by atoms with E-state index >= 15 is 0 Å². The number of benzene rings is 3. The first kappa shape index (κ1) is 16.6. The smallest absolute Gasteiger partial charge is 0.231 e. The minimum absolute atomic E-state index is 0.227. The van der Waals surface area contributed by atoms with Crippen LogP contribution < -0.4 is 18.9 Å². The number of rotatable bonds is 4. The Morgan fingerprint density at radius 2 is 1.50 bits per heavy atom. The summed E-state index contributed by atoms with van der Waals surface area (Å²) in [5, 5.41) is 0.972. The van der Waals surface area contributed by atoms with Crippen LogP contribution >= 0.6 is 0 Å². The molecule has 0 amide bonds. The molecule has 140 valence electrons. The lowest BCUT2D eigenvalue weighted by molar-refractivity contribution is 0.174. The van der Waals surface area contributed by atoms with Crippen LogP contribution in [0.2, 0.25) is 0 Å². The zero-order valence-corrected chi connectivity index (χ0v) is 15.5. The molecule has 1 aromatic heterocycles. The van der Waals surface area contributed by atoms with E-state index in [4.69, 9.17) is 23.4 Å². The Morgan fingerprint density at radius 3 is 2.25 bits per heavy atom. The lowest BCUT2D eigenvalue weighted by atomic mass is 9.98. The molecule has 0 N–H and O–H groups in total. The first-order chi connectivity index (χ1) is 13.8. The minimum atomic E-state index is 0.227. The molecule has 28 heavy (non-hydrogen) atoms. The first-order valence-electron chi connectivity index (χ1n) is 8.92. The summed E-state index contributed by atoms with van der Waals surface area (Å²) in [5.41, 5.74) is 3.70. The molecule has 0 spiro atoms. The second-order valence-electron chi connectivity index (χ2n) is 6.44. The highest BCUT2D eigenvalue weighted by atomic mass is 16.7. The van der Waals surface area contributed by atoms with Crippen LogP contribution in [-0.2, 0) is 0 Å². The van der Waals surface area contributed by atoms with Crippen LogP contribution in [-0.4, -0.2) is 21.0 Å². The second-order valence-corrected chi connectivity index (χ2v) is 6.44. The van der Waals surface area contributed by atoms with Gasteiger partial charge < -0.3 is 23.4 Å². The van der Waals surface area contributed by atoms with Crippen molar-refractivity contribution >= 4 is 11.0 Å². The highest BCUT2D eigenvalue weighted by Crippen LogP contribution is 2.46. The number of furan rings is 1. The summed E-state index contributed by atoms with van der Waals surface area (Å²) in [7, 11) is 3.24. The molecule has 5 nitrogen and oxygen atoms in total. The molecule has 0 saturated carbocycles. The van der Waals surface area contributed by atoms with E-state index in [9.17, 15) is 0 Å². The summed E-state index contributed by atoms with van der Waals surface area (Å²) < 4.78 is 28.2. The van der Waals surface area contributed by atoms with Gasteiger partial charge in [0.1, 0.15) is 11.3 Å². The van der Waals surface area contributed by atoms with E-state index in [0.717, 1.165) is 39.2 Å². The molecular formula is C23H18O5. The molecule has 4 aromatic rings.